The summed E-state index contributed by atoms with van der Waals surface area (Å²) in [6.45, 7) is 6.50. The molecule has 0 aromatic rings. The number of rotatable bonds is 58. The summed E-state index contributed by atoms with van der Waals surface area (Å²) in [6.07, 6.45) is 80.7. The topological polar surface area (TPSA) is 78.9 Å². The molecule has 1 atom stereocenters. The van der Waals surface area contributed by atoms with Gasteiger partial charge < -0.3 is 14.2 Å². The number of unbranched alkanes of at least 4 members (excludes halogenated alkanes) is 35. The van der Waals surface area contributed by atoms with Crippen LogP contribution in [0.3, 0.4) is 0 Å². The van der Waals surface area contributed by atoms with E-state index in [9.17, 15) is 14.4 Å². The van der Waals surface area contributed by atoms with Gasteiger partial charge in [-0.1, -0.05) is 267 Å². The Morgan fingerprint density at radius 3 is 0.865 bits per heavy atom. The summed E-state index contributed by atoms with van der Waals surface area (Å²) >= 11 is 0. The number of allylic oxidation sites excluding steroid dienone is 12. The van der Waals surface area contributed by atoms with E-state index in [0.29, 0.717) is 19.3 Å². The highest BCUT2D eigenvalue weighted by Crippen LogP contribution is 2.17. The molecule has 0 fully saturated rings. The maximum Gasteiger partial charge on any atom is 0.306 e. The molecule has 0 radical (unpaired) electrons. The fourth-order valence-electron chi connectivity index (χ4n) is 9.13. The van der Waals surface area contributed by atoms with Crippen LogP contribution in [0.2, 0.25) is 0 Å². The van der Waals surface area contributed by atoms with Crippen LogP contribution < -0.4 is 0 Å². The predicted molar refractivity (Wildman–Crippen MR) is 321 cm³/mol. The molecule has 0 N–H and O–H groups in total. The Morgan fingerprint density at radius 2 is 0.527 bits per heavy atom. The maximum atomic E-state index is 12.8. The number of esters is 3. The van der Waals surface area contributed by atoms with Crippen molar-refractivity contribution in [3.63, 3.8) is 0 Å². The zero-order valence-electron chi connectivity index (χ0n) is 49.1. The van der Waals surface area contributed by atoms with Crippen LogP contribution in [0.4, 0.5) is 0 Å². The molecule has 1 unspecified atom stereocenters. The van der Waals surface area contributed by atoms with Gasteiger partial charge in [-0.3, -0.25) is 14.4 Å². The quantitative estimate of drug-likeness (QED) is 0.0261. The van der Waals surface area contributed by atoms with Crippen molar-refractivity contribution in [3.05, 3.63) is 72.9 Å². The Hall–Kier alpha value is -3.15. The van der Waals surface area contributed by atoms with E-state index in [1.807, 2.05) is 0 Å². The summed E-state index contributed by atoms with van der Waals surface area (Å²) < 4.78 is 16.9. The number of hydrogen-bond acceptors (Lipinski definition) is 6. The normalized spacial score (nSPS) is 12.5. The van der Waals surface area contributed by atoms with Crippen LogP contribution in [0.25, 0.3) is 0 Å². The van der Waals surface area contributed by atoms with E-state index in [1.54, 1.807) is 0 Å². The third-order valence-corrected chi connectivity index (χ3v) is 13.9. The minimum absolute atomic E-state index is 0.0777. The molecule has 0 saturated heterocycles. The Balaban J connectivity index is 4.12. The second-order valence-electron chi connectivity index (χ2n) is 21.3. The average molecular weight is 1030 g/mol. The maximum absolute atomic E-state index is 12.8. The Bertz CT molecular complexity index is 1370. The molecule has 0 saturated carbocycles. The van der Waals surface area contributed by atoms with Crippen LogP contribution in [-0.4, -0.2) is 37.2 Å². The van der Waals surface area contributed by atoms with E-state index in [4.69, 9.17) is 14.2 Å². The van der Waals surface area contributed by atoms with Crippen molar-refractivity contribution in [2.75, 3.05) is 13.2 Å². The molecule has 6 heteroatoms. The first-order chi connectivity index (χ1) is 36.5. The zero-order chi connectivity index (χ0) is 53.6. The molecule has 0 aromatic carbocycles. The Kier molecular flexibility index (Phi) is 59.7. The van der Waals surface area contributed by atoms with Gasteiger partial charge in [0.05, 0.1) is 0 Å². The van der Waals surface area contributed by atoms with Crippen LogP contribution in [0.1, 0.15) is 323 Å². The number of carbonyl (C=O) groups excluding carboxylic acids is 3. The molecule has 0 aliphatic rings. The smallest absolute Gasteiger partial charge is 0.306 e. The van der Waals surface area contributed by atoms with Crippen molar-refractivity contribution in [2.45, 2.75) is 329 Å². The molecular weight excluding hydrogens is 913 g/mol. The Labute approximate surface area is 459 Å². The van der Waals surface area contributed by atoms with Gasteiger partial charge in [0.25, 0.3) is 0 Å². The second kappa shape index (κ2) is 62.4. The predicted octanol–water partition coefficient (Wildman–Crippen LogP) is 21.7. The first kappa shape index (κ1) is 70.8. The van der Waals surface area contributed by atoms with E-state index in [2.05, 4.69) is 93.7 Å². The molecule has 0 amide bonds. The number of hydrogen-bond donors (Lipinski definition) is 0. The molecular formula is C68H120O6. The molecule has 74 heavy (non-hydrogen) atoms. The third kappa shape index (κ3) is 59.7. The fraction of sp³-hybridized carbons (Fsp3) is 0.779. The molecule has 0 spiro atoms. The van der Waals surface area contributed by atoms with Crippen molar-refractivity contribution in [1.29, 1.82) is 0 Å². The van der Waals surface area contributed by atoms with Gasteiger partial charge in [0, 0.05) is 19.3 Å². The lowest BCUT2D eigenvalue weighted by molar-refractivity contribution is -0.167. The summed E-state index contributed by atoms with van der Waals surface area (Å²) in [4.78, 5) is 38.2. The fourth-order valence-corrected chi connectivity index (χ4v) is 9.13. The molecule has 0 bridgehead atoms. The summed E-state index contributed by atoms with van der Waals surface area (Å²) in [5, 5.41) is 0. The van der Waals surface area contributed by atoms with Gasteiger partial charge in [-0.15, -0.1) is 0 Å². The minimum Gasteiger partial charge on any atom is -0.462 e. The lowest BCUT2D eigenvalue weighted by Gasteiger charge is -2.18. The molecule has 0 aliphatic carbocycles. The van der Waals surface area contributed by atoms with Gasteiger partial charge in [0.2, 0.25) is 0 Å². The van der Waals surface area contributed by atoms with Gasteiger partial charge in [-0.2, -0.15) is 0 Å². The summed E-state index contributed by atoms with van der Waals surface area (Å²) in [7, 11) is 0. The van der Waals surface area contributed by atoms with E-state index >= 15 is 0 Å². The molecule has 0 aliphatic heterocycles. The van der Waals surface area contributed by atoms with Crippen LogP contribution in [0.15, 0.2) is 72.9 Å². The van der Waals surface area contributed by atoms with E-state index < -0.39 is 6.10 Å². The average Bonchev–Trinajstić information content (AvgIpc) is 3.40. The van der Waals surface area contributed by atoms with Gasteiger partial charge in [-0.05, 0) is 109 Å². The van der Waals surface area contributed by atoms with E-state index in [-0.39, 0.29) is 31.1 Å². The molecule has 6 nitrogen and oxygen atoms in total. The van der Waals surface area contributed by atoms with Crippen molar-refractivity contribution in [3.8, 4) is 0 Å². The lowest BCUT2D eigenvalue weighted by Crippen LogP contribution is -2.30. The molecule has 0 aromatic heterocycles. The summed E-state index contributed by atoms with van der Waals surface area (Å²) in [5.74, 6) is -0.883. The van der Waals surface area contributed by atoms with Crippen molar-refractivity contribution < 1.29 is 28.6 Å². The second-order valence-corrected chi connectivity index (χ2v) is 21.3. The van der Waals surface area contributed by atoms with Gasteiger partial charge in [0.15, 0.2) is 6.10 Å². The highest BCUT2D eigenvalue weighted by Gasteiger charge is 2.19. The SMILES string of the molecule is CC/C=C\C/C=C\C/C=C\C/C=C\CCCCCCCCCCCCCCCCCCCCC(=O)OCC(COC(=O)CCCCCCC/C=C\CCCCC)OC(=O)CCCCCCC/C=C\CCCCCC. The van der Waals surface area contributed by atoms with E-state index in [0.717, 1.165) is 103 Å². The summed E-state index contributed by atoms with van der Waals surface area (Å²) in [6, 6.07) is 0. The van der Waals surface area contributed by atoms with Gasteiger partial charge in [-0.25, -0.2) is 0 Å². The van der Waals surface area contributed by atoms with Crippen LogP contribution in [0, 0.1) is 0 Å². The molecule has 0 rings (SSSR count). The van der Waals surface area contributed by atoms with Gasteiger partial charge in [0.1, 0.15) is 13.2 Å². The first-order valence-electron chi connectivity index (χ1n) is 31.9. The number of ether oxygens (including phenoxy) is 3. The van der Waals surface area contributed by atoms with Crippen molar-refractivity contribution >= 4 is 17.9 Å². The van der Waals surface area contributed by atoms with Gasteiger partial charge >= 0.3 is 17.9 Å². The summed E-state index contributed by atoms with van der Waals surface area (Å²) in [5.41, 5.74) is 0. The first-order valence-corrected chi connectivity index (χ1v) is 31.9. The monoisotopic (exact) mass is 1030 g/mol. The molecule has 428 valence electrons. The highest BCUT2D eigenvalue weighted by molar-refractivity contribution is 5.71. The lowest BCUT2D eigenvalue weighted by atomic mass is 10.0. The minimum atomic E-state index is -0.780. The third-order valence-electron chi connectivity index (χ3n) is 13.9. The molecule has 0 heterocycles. The highest BCUT2D eigenvalue weighted by atomic mass is 16.6. The van der Waals surface area contributed by atoms with Crippen LogP contribution in [0.5, 0.6) is 0 Å². The van der Waals surface area contributed by atoms with Crippen LogP contribution >= 0.6 is 0 Å². The Morgan fingerprint density at radius 1 is 0.284 bits per heavy atom. The van der Waals surface area contributed by atoms with Crippen molar-refractivity contribution in [2.24, 2.45) is 0 Å². The number of carbonyl (C=O) groups is 3. The van der Waals surface area contributed by atoms with Crippen LogP contribution in [-0.2, 0) is 28.6 Å². The van der Waals surface area contributed by atoms with E-state index in [1.165, 1.54) is 180 Å². The van der Waals surface area contributed by atoms with Crippen molar-refractivity contribution in [1.82, 2.24) is 0 Å². The zero-order valence-corrected chi connectivity index (χ0v) is 49.1. The largest absolute Gasteiger partial charge is 0.462 e. The standard InChI is InChI=1S/C68H120O6/c1-4-7-10-13-16-19-22-25-26-27-28-29-30-31-32-33-34-35-36-37-38-39-40-41-42-44-46-49-52-55-58-61-67(70)73-64-65(63-72-66(69)60-57-54-51-48-45-24-21-18-15-12-9-6-3)74-68(71)62-59-56-53-50-47-43-23-20-17-14-11-8-5-2/h7,10,16,18-21,23,25-26,28-29,65H,4-6,8-9,11-15,17,22,24,27,30-64H2,1-3H3/b10-7-,19-16-,21-18-,23-20-,26-25-,29-28-.